The van der Waals surface area contributed by atoms with E-state index >= 15 is 0 Å². The van der Waals surface area contributed by atoms with E-state index in [2.05, 4.69) is 11.4 Å². The Kier molecular flexibility index (Phi) is 2.34. The molecule has 0 radical (unpaired) electrons. The van der Waals surface area contributed by atoms with Crippen LogP contribution in [-0.2, 0) is 0 Å². The average Bonchev–Trinajstić information content (AvgIpc) is 2.19. The molecular formula is C11H15NO. The number of fused-ring (bicyclic) bond motifs is 1. The number of aliphatic hydroxyl groups is 1. The summed E-state index contributed by atoms with van der Waals surface area (Å²) < 4.78 is 0. The van der Waals surface area contributed by atoms with Crippen LogP contribution < -0.4 is 5.32 Å². The molecule has 13 heavy (non-hydrogen) atoms. The molecule has 0 amide bonds. The summed E-state index contributed by atoms with van der Waals surface area (Å²) in [4.78, 5) is 0. The zero-order valence-corrected chi connectivity index (χ0v) is 7.83. The van der Waals surface area contributed by atoms with Gasteiger partial charge in [-0.25, -0.2) is 0 Å². The predicted molar refractivity (Wildman–Crippen MR) is 52.4 cm³/mol. The van der Waals surface area contributed by atoms with Crippen LogP contribution in [0.25, 0.3) is 0 Å². The van der Waals surface area contributed by atoms with Crippen molar-refractivity contribution in [3.05, 3.63) is 35.4 Å². The van der Waals surface area contributed by atoms with Crippen LogP contribution in [0.4, 0.5) is 0 Å². The van der Waals surface area contributed by atoms with E-state index in [1.807, 2.05) is 25.2 Å². The summed E-state index contributed by atoms with van der Waals surface area (Å²) in [7, 11) is 1.97. The van der Waals surface area contributed by atoms with Crippen molar-refractivity contribution in [3.63, 3.8) is 0 Å². The minimum Gasteiger partial charge on any atom is -0.388 e. The molecule has 0 saturated carbocycles. The summed E-state index contributed by atoms with van der Waals surface area (Å²) in [6, 6.07) is 8.54. The molecule has 1 aromatic carbocycles. The van der Waals surface area contributed by atoms with Gasteiger partial charge in [-0.15, -0.1) is 0 Å². The van der Waals surface area contributed by atoms with Crippen molar-refractivity contribution in [1.29, 1.82) is 0 Å². The van der Waals surface area contributed by atoms with E-state index in [1.54, 1.807) is 0 Å². The first-order chi connectivity index (χ1) is 6.33. The molecule has 70 valence electrons. The lowest BCUT2D eigenvalue weighted by atomic mass is 9.86. The van der Waals surface area contributed by atoms with Gasteiger partial charge in [0.1, 0.15) is 0 Å². The molecule has 1 aliphatic carbocycles. The van der Waals surface area contributed by atoms with Gasteiger partial charge in [0.25, 0.3) is 0 Å². The maximum absolute atomic E-state index is 9.75. The molecule has 2 atom stereocenters. The molecule has 0 saturated heterocycles. The number of benzene rings is 1. The normalized spacial score (nSPS) is 26.9. The summed E-state index contributed by atoms with van der Waals surface area (Å²) in [5.41, 5.74) is 2.34. The van der Waals surface area contributed by atoms with Gasteiger partial charge in [0.2, 0.25) is 0 Å². The highest BCUT2D eigenvalue weighted by Gasteiger charge is 2.23. The lowest BCUT2D eigenvalue weighted by Crippen LogP contribution is -2.23. The Bertz CT molecular complexity index is 298. The fourth-order valence-electron chi connectivity index (χ4n) is 2.07. The van der Waals surface area contributed by atoms with Crippen LogP contribution in [0.1, 0.15) is 36.1 Å². The average molecular weight is 177 g/mol. The minimum absolute atomic E-state index is 0.263. The van der Waals surface area contributed by atoms with Gasteiger partial charge < -0.3 is 10.4 Å². The minimum atomic E-state index is -0.263. The third-order valence-corrected chi connectivity index (χ3v) is 2.81. The number of hydrogen-bond donors (Lipinski definition) is 2. The second-order valence-electron chi connectivity index (χ2n) is 3.56. The van der Waals surface area contributed by atoms with Crippen molar-refractivity contribution in [2.45, 2.75) is 25.0 Å². The number of rotatable bonds is 1. The van der Waals surface area contributed by atoms with Gasteiger partial charge in [0.15, 0.2) is 0 Å². The van der Waals surface area contributed by atoms with Crippen LogP contribution in [0, 0.1) is 0 Å². The van der Waals surface area contributed by atoms with E-state index in [1.165, 1.54) is 5.56 Å². The third kappa shape index (κ3) is 1.47. The lowest BCUT2D eigenvalue weighted by Gasteiger charge is -2.28. The Hall–Kier alpha value is -0.860. The van der Waals surface area contributed by atoms with Crippen LogP contribution in [0.15, 0.2) is 24.3 Å². The maximum atomic E-state index is 9.75. The van der Waals surface area contributed by atoms with Crippen molar-refractivity contribution in [2.24, 2.45) is 0 Å². The largest absolute Gasteiger partial charge is 0.388 e. The van der Waals surface area contributed by atoms with Crippen LogP contribution in [0.5, 0.6) is 0 Å². The Morgan fingerprint density at radius 2 is 1.92 bits per heavy atom. The Morgan fingerprint density at radius 1 is 1.23 bits per heavy atom. The quantitative estimate of drug-likeness (QED) is 0.685. The molecule has 1 aliphatic rings. The maximum Gasteiger partial charge on any atom is 0.0794 e. The van der Waals surface area contributed by atoms with Gasteiger partial charge in [-0.1, -0.05) is 24.3 Å². The van der Waals surface area contributed by atoms with E-state index in [4.69, 9.17) is 0 Å². The topological polar surface area (TPSA) is 32.3 Å². The van der Waals surface area contributed by atoms with Crippen LogP contribution in [-0.4, -0.2) is 12.2 Å². The van der Waals surface area contributed by atoms with Crippen molar-refractivity contribution >= 4 is 0 Å². The molecule has 2 heteroatoms. The van der Waals surface area contributed by atoms with Crippen LogP contribution in [0.2, 0.25) is 0 Å². The highest BCUT2D eigenvalue weighted by atomic mass is 16.3. The molecule has 0 aromatic heterocycles. The molecule has 1 aromatic rings. The molecule has 2 nitrogen and oxygen atoms in total. The van der Waals surface area contributed by atoms with Crippen molar-refractivity contribution in [3.8, 4) is 0 Å². The molecule has 0 unspecified atom stereocenters. The molecular weight excluding hydrogens is 162 g/mol. The number of hydrogen-bond acceptors (Lipinski definition) is 2. The van der Waals surface area contributed by atoms with Gasteiger partial charge in [0, 0.05) is 6.04 Å². The molecule has 0 aliphatic heterocycles. The smallest absolute Gasteiger partial charge is 0.0794 e. The SMILES string of the molecule is CN[C@@H]1CC[C@H](O)c2ccccc21. The monoisotopic (exact) mass is 177 g/mol. The van der Waals surface area contributed by atoms with Gasteiger partial charge in [-0.3, -0.25) is 0 Å². The predicted octanol–water partition coefficient (Wildman–Crippen LogP) is 1.77. The fourth-order valence-corrected chi connectivity index (χ4v) is 2.07. The molecule has 2 rings (SSSR count). The van der Waals surface area contributed by atoms with E-state index < -0.39 is 0 Å². The second-order valence-corrected chi connectivity index (χ2v) is 3.56. The molecule has 0 heterocycles. The lowest BCUT2D eigenvalue weighted by molar-refractivity contribution is 0.147. The van der Waals surface area contributed by atoms with E-state index in [0.29, 0.717) is 6.04 Å². The standard InChI is InChI=1S/C11H15NO/c1-12-10-6-7-11(13)9-5-3-2-4-8(9)10/h2-5,10-13H,6-7H2,1H3/t10-,11+/m1/s1. The van der Waals surface area contributed by atoms with Gasteiger partial charge in [-0.2, -0.15) is 0 Å². The molecule has 2 N–H and O–H groups in total. The first kappa shape index (κ1) is 8.73. The summed E-state index contributed by atoms with van der Waals surface area (Å²) in [5, 5.41) is 13.0. The van der Waals surface area contributed by atoms with Crippen LogP contribution in [0.3, 0.4) is 0 Å². The zero-order valence-electron chi connectivity index (χ0n) is 7.83. The highest BCUT2D eigenvalue weighted by molar-refractivity contribution is 5.33. The third-order valence-electron chi connectivity index (χ3n) is 2.81. The number of nitrogens with one attached hydrogen (secondary N) is 1. The summed E-state index contributed by atoms with van der Waals surface area (Å²) >= 11 is 0. The fraction of sp³-hybridized carbons (Fsp3) is 0.455. The van der Waals surface area contributed by atoms with Crippen molar-refractivity contribution < 1.29 is 5.11 Å². The molecule has 0 bridgehead atoms. The summed E-state index contributed by atoms with van der Waals surface area (Å²) in [6.45, 7) is 0. The first-order valence-corrected chi connectivity index (χ1v) is 4.77. The highest BCUT2D eigenvalue weighted by Crippen LogP contribution is 2.35. The molecule has 0 spiro atoms. The summed E-state index contributed by atoms with van der Waals surface area (Å²) in [6.07, 6.45) is 1.62. The van der Waals surface area contributed by atoms with Gasteiger partial charge in [-0.05, 0) is 31.0 Å². The van der Waals surface area contributed by atoms with Gasteiger partial charge in [0.05, 0.1) is 6.10 Å². The number of aliphatic hydroxyl groups excluding tert-OH is 1. The van der Waals surface area contributed by atoms with Crippen LogP contribution >= 0.6 is 0 Å². The van der Waals surface area contributed by atoms with E-state index in [-0.39, 0.29) is 6.10 Å². The zero-order chi connectivity index (χ0) is 9.26. The van der Waals surface area contributed by atoms with E-state index in [9.17, 15) is 5.11 Å². The Balaban J connectivity index is 2.42. The first-order valence-electron chi connectivity index (χ1n) is 4.77. The Morgan fingerprint density at radius 3 is 2.62 bits per heavy atom. The summed E-state index contributed by atoms with van der Waals surface area (Å²) in [5.74, 6) is 0. The Labute approximate surface area is 78.6 Å². The van der Waals surface area contributed by atoms with Gasteiger partial charge >= 0.3 is 0 Å². The van der Waals surface area contributed by atoms with Crippen molar-refractivity contribution in [1.82, 2.24) is 5.32 Å². The van der Waals surface area contributed by atoms with E-state index in [0.717, 1.165) is 18.4 Å². The van der Waals surface area contributed by atoms with Crippen molar-refractivity contribution in [2.75, 3.05) is 7.05 Å². The second kappa shape index (κ2) is 3.48. The molecule has 0 fully saturated rings.